The van der Waals surface area contributed by atoms with Gasteiger partial charge in [-0.05, 0) is 25.0 Å². The Balaban J connectivity index is 1.70. The molecule has 2 heterocycles. The predicted octanol–water partition coefficient (Wildman–Crippen LogP) is 3.11. The summed E-state index contributed by atoms with van der Waals surface area (Å²) in [7, 11) is 0. The number of rotatable bonds is 3. The Morgan fingerprint density at radius 3 is 2.85 bits per heavy atom. The van der Waals surface area contributed by atoms with Gasteiger partial charge in [0.25, 0.3) is 5.91 Å². The molecule has 1 aliphatic heterocycles. The highest BCUT2D eigenvalue weighted by atomic mass is 35.5. The van der Waals surface area contributed by atoms with Crippen LogP contribution in [0.2, 0.25) is 5.02 Å². The fourth-order valence-electron chi connectivity index (χ4n) is 2.08. The van der Waals surface area contributed by atoms with E-state index in [1.807, 2.05) is 12.1 Å². The highest BCUT2D eigenvalue weighted by Gasteiger charge is 2.24. The van der Waals surface area contributed by atoms with Gasteiger partial charge in [0, 0.05) is 23.3 Å². The SMILES string of the molecule is O=C(Nc1cc(-c2ccc(Cl)cc2)no1)C1CCCO1. The smallest absolute Gasteiger partial charge is 0.255 e. The van der Waals surface area contributed by atoms with Crippen molar-refractivity contribution in [3.05, 3.63) is 35.4 Å². The lowest BCUT2D eigenvalue weighted by atomic mass is 10.1. The maximum Gasteiger partial charge on any atom is 0.255 e. The minimum Gasteiger partial charge on any atom is -0.368 e. The predicted molar refractivity (Wildman–Crippen MR) is 74.6 cm³/mol. The number of amides is 1. The Labute approximate surface area is 120 Å². The van der Waals surface area contributed by atoms with Crippen LogP contribution in [0.4, 0.5) is 5.88 Å². The molecule has 1 fully saturated rings. The highest BCUT2D eigenvalue weighted by molar-refractivity contribution is 6.30. The van der Waals surface area contributed by atoms with Crippen molar-refractivity contribution in [2.75, 3.05) is 11.9 Å². The first-order chi connectivity index (χ1) is 9.72. The van der Waals surface area contributed by atoms with Gasteiger partial charge in [0.15, 0.2) is 0 Å². The van der Waals surface area contributed by atoms with Crippen LogP contribution in [0.1, 0.15) is 12.8 Å². The third-order valence-corrected chi connectivity index (χ3v) is 3.37. The molecule has 2 aromatic rings. The molecule has 0 aliphatic carbocycles. The molecular weight excluding hydrogens is 280 g/mol. The van der Waals surface area contributed by atoms with E-state index in [0.717, 1.165) is 18.4 Å². The molecule has 104 valence electrons. The Hall–Kier alpha value is -1.85. The van der Waals surface area contributed by atoms with Gasteiger partial charge in [0.2, 0.25) is 5.88 Å². The molecule has 1 unspecified atom stereocenters. The topological polar surface area (TPSA) is 64.4 Å². The monoisotopic (exact) mass is 292 g/mol. The van der Waals surface area contributed by atoms with Crippen molar-refractivity contribution >= 4 is 23.4 Å². The fraction of sp³-hybridized carbons (Fsp3) is 0.286. The third-order valence-electron chi connectivity index (χ3n) is 3.12. The van der Waals surface area contributed by atoms with Crippen molar-refractivity contribution in [2.45, 2.75) is 18.9 Å². The van der Waals surface area contributed by atoms with E-state index in [9.17, 15) is 4.79 Å². The van der Waals surface area contributed by atoms with E-state index in [2.05, 4.69) is 10.5 Å². The molecule has 1 N–H and O–H groups in total. The Morgan fingerprint density at radius 1 is 1.35 bits per heavy atom. The van der Waals surface area contributed by atoms with Crippen LogP contribution in [0, 0.1) is 0 Å². The fourth-order valence-corrected chi connectivity index (χ4v) is 2.20. The van der Waals surface area contributed by atoms with Crippen molar-refractivity contribution < 1.29 is 14.1 Å². The molecule has 1 aromatic carbocycles. The van der Waals surface area contributed by atoms with Gasteiger partial charge >= 0.3 is 0 Å². The van der Waals surface area contributed by atoms with Crippen LogP contribution in [0.3, 0.4) is 0 Å². The number of nitrogens with zero attached hydrogens (tertiary/aromatic N) is 1. The molecule has 20 heavy (non-hydrogen) atoms. The van der Waals surface area contributed by atoms with Gasteiger partial charge in [0.1, 0.15) is 11.8 Å². The van der Waals surface area contributed by atoms with E-state index in [1.165, 1.54) is 0 Å². The zero-order valence-electron chi connectivity index (χ0n) is 10.6. The second-order valence-corrected chi connectivity index (χ2v) is 5.01. The summed E-state index contributed by atoms with van der Waals surface area (Å²) in [5, 5.41) is 7.25. The number of hydrogen-bond donors (Lipinski definition) is 1. The van der Waals surface area contributed by atoms with Gasteiger partial charge in [0.05, 0.1) is 0 Å². The summed E-state index contributed by atoms with van der Waals surface area (Å²) in [5.74, 6) is 0.122. The molecule has 1 aromatic heterocycles. The first-order valence-corrected chi connectivity index (χ1v) is 6.75. The summed E-state index contributed by atoms with van der Waals surface area (Å²) in [6.07, 6.45) is 1.26. The maximum atomic E-state index is 11.9. The molecule has 1 saturated heterocycles. The van der Waals surface area contributed by atoms with E-state index in [0.29, 0.717) is 23.2 Å². The number of aromatic nitrogens is 1. The number of carbonyl (C=O) groups excluding carboxylic acids is 1. The van der Waals surface area contributed by atoms with Crippen molar-refractivity contribution in [1.82, 2.24) is 5.16 Å². The van der Waals surface area contributed by atoms with Gasteiger partial charge in [-0.1, -0.05) is 28.9 Å². The lowest BCUT2D eigenvalue weighted by molar-refractivity contribution is -0.124. The maximum absolute atomic E-state index is 11.9. The summed E-state index contributed by atoms with van der Waals surface area (Å²) in [4.78, 5) is 11.9. The Bertz CT molecular complexity index is 603. The lowest BCUT2D eigenvalue weighted by Crippen LogP contribution is -2.26. The Morgan fingerprint density at radius 2 is 2.15 bits per heavy atom. The molecule has 5 nitrogen and oxygen atoms in total. The first kappa shape index (κ1) is 13.1. The van der Waals surface area contributed by atoms with Gasteiger partial charge in [-0.3, -0.25) is 10.1 Å². The summed E-state index contributed by atoms with van der Waals surface area (Å²) < 4.78 is 10.4. The van der Waals surface area contributed by atoms with Crippen LogP contribution in [0.5, 0.6) is 0 Å². The van der Waals surface area contributed by atoms with Crippen molar-refractivity contribution in [3.8, 4) is 11.3 Å². The minimum atomic E-state index is -0.390. The molecule has 1 amide bonds. The molecule has 6 heteroatoms. The molecule has 3 rings (SSSR count). The molecule has 0 bridgehead atoms. The van der Waals surface area contributed by atoms with Crippen molar-refractivity contribution in [1.29, 1.82) is 0 Å². The lowest BCUT2D eigenvalue weighted by Gasteiger charge is -2.06. The molecule has 0 radical (unpaired) electrons. The number of carbonyl (C=O) groups is 1. The summed E-state index contributed by atoms with van der Waals surface area (Å²) in [6, 6.07) is 8.90. The second-order valence-electron chi connectivity index (χ2n) is 4.57. The average molecular weight is 293 g/mol. The number of benzene rings is 1. The number of ether oxygens (including phenoxy) is 1. The van der Waals surface area contributed by atoms with Crippen molar-refractivity contribution in [3.63, 3.8) is 0 Å². The molecule has 1 aliphatic rings. The normalized spacial score (nSPS) is 18.1. The number of anilines is 1. The number of halogens is 1. The van der Waals surface area contributed by atoms with Crippen LogP contribution in [-0.4, -0.2) is 23.8 Å². The number of hydrogen-bond acceptors (Lipinski definition) is 4. The van der Waals surface area contributed by atoms with Gasteiger partial charge < -0.3 is 9.26 Å². The standard InChI is InChI=1S/C14H13ClN2O3/c15-10-5-3-9(4-6-10)11-8-13(20-17-11)16-14(18)12-2-1-7-19-12/h3-6,8,12H,1-2,7H2,(H,16,18). The van der Waals surface area contributed by atoms with E-state index >= 15 is 0 Å². The van der Waals surface area contributed by atoms with Gasteiger partial charge in [-0.15, -0.1) is 0 Å². The molecule has 1 atom stereocenters. The molecular formula is C14H13ClN2O3. The molecule has 0 spiro atoms. The zero-order chi connectivity index (χ0) is 13.9. The van der Waals surface area contributed by atoms with E-state index in [1.54, 1.807) is 18.2 Å². The molecule has 0 saturated carbocycles. The first-order valence-electron chi connectivity index (χ1n) is 6.37. The van der Waals surface area contributed by atoms with Crippen LogP contribution in [-0.2, 0) is 9.53 Å². The van der Waals surface area contributed by atoms with E-state index in [-0.39, 0.29) is 12.0 Å². The quantitative estimate of drug-likeness (QED) is 0.944. The van der Waals surface area contributed by atoms with E-state index < -0.39 is 0 Å². The van der Waals surface area contributed by atoms with Crippen molar-refractivity contribution in [2.24, 2.45) is 0 Å². The van der Waals surface area contributed by atoms with Crippen LogP contribution in [0.25, 0.3) is 11.3 Å². The van der Waals surface area contributed by atoms with Gasteiger partial charge in [-0.25, -0.2) is 0 Å². The second kappa shape index (κ2) is 5.64. The van der Waals surface area contributed by atoms with E-state index in [4.69, 9.17) is 20.9 Å². The largest absolute Gasteiger partial charge is 0.368 e. The summed E-state index contributed by atoms with van der Waals surface area (Å²) in [6.45, 7) is 0.629. The van der Waals surface area contributed by atoms with Crippen LogP contribution < -0.4 is 5.32 Å². The summed E-state index contributed by atoms with van der Waals surface area (Å²) in [5.41, 5.74) is 1.51. The minimum absolute atomic E-state index is 0.193. The third kappa shape index (κ3) is 2.84. The van der Waals surface area contributed by atoms with Crippen LogP contribution in [0.15, 0.2) is 34.9 Å². The Kier molecular flexibility index (Phi) is 3.71. The van der Waals surface area contributed by atoms with Gasteiger partial charge in [-0.2, -0.15) is 0 Å². The summed E-state index contributed by atoms with van der Waals surface area (Å²) >= 11 is 5.83. The highest BCUT2D eigenvalue weighted by Crippen LogP contribution is 2.24. The number of nitrogens with one attached hydrogen (secondary N) is 1. The zero-order valence-corrected chi connectivity index (χ0v) is 11.4. The van der Waals surface area contributed by atoms with Crippen LogP contribution >= 0.6 is 11.6 Å². The average Bonchev–Trinajstić information content (AvgIpc) is 3.10.